The highest BCUT2D eigenvalue weighted by molar-refractivity contribution is 5.96. The maximum absolute atomic E-state index is 12.1. The van der Waals surface area contributed by atoms with Crippen molar-refractivity contribution in [2.45, 2.75) is 20.0 Å². The molecule has 30 heavy (non-hydrogen) atoms. The van der Waals surface area contributed by atoms with E-state index in [0.29, 0.717) is 11.3 Å². The van der Waals surface area contributed by atoms with Crippen molar-refractivity contribution in [3.63, 3.8) is 0 Å². The standard InChI is InChI=1S/C20H21N3O7/c1-12(2)30-20(26)13-4-7-15(8-5-13)22-18(24)11-29-19(25)14-6-9-16(21-3)17(10-14)23(27)28/h4-10,12,21H,11H2,1-3H3,(H,22,24). The Hall–Kier alpha value is -3.95. The zero-order chi connectivity index (χ0) is 22.3. The van der Waals surface area contributed by atoms with Crippen LogP contribution in [0.2, 0.25) is 0 Å². The van der Waals surface area contributed by atoms with Gasteiger partial charge in [0.25, 0.3) is 11.6 Å². The van der Waals surface area contributed by atoms with E-state index in [1.165, 1.54) is 43.4 Å². The number of carbonyl (C=O) groups is 3. The van der Waals surface area contributed by atoms with E-state index in [9.17, 15) is 24.5 Å². The Kier molecular flexibility index (Phi) is 7.45. The smallest absolute Gasteiger partial charge is 0.338 e. The molecule has 10 nitrogen and oxygen atoms in total. The van der Waals surface area contributed by atoms with Crippen LogP contribution in [0.15, 0.2) is 42.5 Å². The van der Waals surface area contributed by atoms with Gasteiger partial charge in [0.2, 0.25) is 0 Å². The van der Waals surface area contributed by atoms with Gasteiger partial charge in [-0.1, -0.05) is 0 Å². The molecule has 10 heteroatoms. The lowest BCUT2D eigenvalue weighted by molar-refractivity contribution is -0.384. The van der Waals surface area contributed by atoms with Gasteiger partial charge in [0, 0.05) is 18.8 Å². The lowest BCUT2D eigenvalue weighted by Crippen LogP contribution is -2.21. The third-order valence-electron chi connectivity index (χ3n) is 3.78. The summed E-state index contributed by atoms with van der Waals surface area (Å²) in [5.41, 5.74) is 0.634. The minimum atomic E-state index is -0.873. The maximum atomic E-state index is 12.1. The Morgan fingerprint density at radius 2 is 1.67 bits per heavy atom. The maximum Gasteiger partial charge on any atom is 0.338 e. The zero-order valence-electron chi connectivity index (χ0n) is 16.6. The molecule has 0 radical (unpaired) electrons. The molecule has 0 aliphatic carbocycles. The molecule has 0 spiro atoms. The van der Waals surface area contributed by atoms with Crippen molar-refractivity contribution in [3.05, 3.63) is 63.7 Å². The number of nitro benzene ring substituents is 1. The van der Waals surface area contributed by atoms with Crippen molar-refractivity contribution in [1.82, 2.24) is 0 Å². The quantitative estimate of drug-likeness (QED) is 0.381. The third-order valence-corrected chi connectivity index (χ3v) is 3.78. The molecule has 0 fully saturated rings. The number of esters is 2. The highest BCUT2D eigenvalue weighted by Gasteiger charge is 2.18. The fraction of sp³-hybridized carbons (Fsp3) is 0.250. The van der Waals surface area contributed by atoms with Gasteiger partial charge < -0.3 is 20.1 Å². The van der Waals surface area contributed by atoms with Crippen LogP contribution >= 0.6 is 0 Å². The third kappa shape index (κ3) is 6.03. The first kappa shape index (κ1) is 22.3. The van der Waals surface area contributed by atoms with Gasteiger partial charge in [-0.2, -0.15) is 0 Å². The molecule has 2 N–H and O–H groups in total. The second-order valence-corrected chi connectivity index (χ2v) is 6.39. The summed E-state index contributed by atoms with van der Waals surface area (Å²) >= 11 is 0. The van der Waals surface area contributed by atoms with Crippen LogP contribution in [0, 0.1) is 10.1 Å². The number of amides is 1. The number of rotatable bonds is 8. The molecule has 0 heterocycles. The van der Waals surface area contributed by atoms with Gasteiger partial charge in [0.15, 0.2) is 6.61 Å². The normalized spacial score (nSPS) is 10.3. The van der Waals surface area contributed by atoms with Crippen molar-refractivity contribution >= 4 is 34.9 Å². The Bertz CT molecular complexity index is 955. The van der Waals surface area contributed by atoms with Gasteiger partial charge in [-0.25, -0.2) is 9.59 Å². The topological polar surface area (TPSA) is 137 Å². The summed E-state index contributed by atoms with van der Waals surface area (Å²) in [6.45, 7) is 2.89. The number of nitrogens with zero attached hydrogens (tertiary/aromatic N) is 1. The number of nitro groups is 1. The Labute approximate surface area is 172 Å². The van der Waals surface area contributed by atoms with Crippen LogP contribution in [0.4, 0.5) is 17.1 Å². The van der Waals surface area contributed by atoms with Crippen LogP contribution in [-0.4, -0.2) is 42.5 Å². The predicted octanol–water partition coefficient (Wildman–Crippen LogP) is 3.00. The summed E-state index contributed by atoms with van der Waals surface area (Å²) < 4.78 is 9.98. The summed E-state index contributed by atoms with van der Waals surface area (Å²) in [5.74, 6) is -1.96. The van der Waals surface area contributed by atoms with E-state index >= 15 is 0 Å². The van der Waals surface area contributed by atoms with E-state index in [1.54, 1.807) is 13.8 Å². The Balaban J connectivity index is 1.93. The second-order valence-electron chi connectivity index (χ2n) is 6.39. The molecule has 158 valence electrons. The minimum Gasteiger partial charge on any atom is -0.459 e. The molecule has 0 aliphatic heterocycles. The molecular formula is C20H21N3O7. The number of hydrogen-bond donors (Lipinski definition) is 2. The predicted molar refractivity (Wildman–Crippen MR) is 109 cm³/mol. The zero-order valence-corrected chi connectivity index (χ0v) is 16.6. The highest BCUT2D eigenvalue weighted by atomic mass is 16.6. The van der Waals surface area contributed by atoms with Crippen molar-refractivity contribution in [2.24, 2.45) is 0 Å². The number of ether oxygens (including phenoxy) is 2. The SMILES string of the molecule is CNc1ccc(C(=O)OCC(=O)Nc2ccc(C(=O)OC(C)C)cc2)cc1[N+](=O)[O-]. The Morgan fingerprint density at radius 3 is 2.23 bits per heavy atom. The van der Waals surface area contributed by atoms with E-state index in [4.69, 9.17) is 9.47 Å². The molecule has 2 aromatic rings. The number of anilines is 2. The van der Waals surface area contributed by atoms with Gasteiger partial charge in [0.05, 0.1) is 22.2 Å². The minimum absolute atomic E-state index is 0.0542. The van der Waals surface area contributed by atoms with Crippen molar-refractivity contribution < 1.29 is 28.8 Å². The molecule has 0 bridgehead atoms. The van der Waals surface area contributed by atoms with Crippen LogP contribution in [0.5, 0.6) is 0 Å². The largest absolute Gasteiger partial charge is 0.459 e. The van der Waals surface area contributed by atoms with Crippen molar-refractivity contribution in [2.75, 3.05) is 24.3 Å². The van der Waals surface area contributed by atoms with Gasteiger partial charge in [-0.15, -0.1) is 0 Å². The molecule has 2 rings (SSSR count). The summed E-state index contributed by atoms with van der Waals surface area (Å²) in [4.78, 5) is 46.3. The molecule has 0 aliphatic rings. The molecule has 1 amide bonds. The van der Waals surface area contributed by atoms with Crippen molar-refractivity contribution in [1.29, 1.82) is 0 Å². The van der Waals surface area contributed by atoms with Crippen LogP contribution in [0.3, 0.4) is 0 Å². The van der Waals surface area contributed by atoms with Crippen LogP contribution in [-0.2, 0) is 14.3 Å². The number of hydrogen-bond acceptors (Lipinski definition) is 8. The molecule has 2 aromatic carbocycles. The summed E-state index contributed by atoms with van der Waals surface area (Å²) in [5, 5.41) is 16.2. The van der Waals surface area contributed by atoms with E-state index < -0.39 is 29.4 Å². The Morgan fingerprint density at radius 1 is 1.03 bits per heavy atom. The molecule has 0 atom stereocenters. The second kappa shape index (κ2) is 10.0. The summed E-state index contributed by atoms with van der Waals surface area (Å²) in [6, 6.07) is 9.81. The van der Waals surface area contributed by atoms with Crippen LogP contribution in [0.25, 0.3) is 0 Å². The molecule has 0 aromatic heterocycles. The first-order valence-corrected chi connectivity index (χ1v) is 8.95. The molecule has 0 unspecified atom stereocenters. The average Bonchev–Trinajstić information content (AvgIpc) is 2.71. The fourth-order valence-electron chi connectivity index (χ4n) is 2.40. The first-order chi connectivity index (χ1) is 14.2. The van der Waals surface area contributed by atoms with Gasteiger partial charge in [-0.3, -0.25) is 14.9 Å². The van der Waals surface area contributed by atoms with Crippen LogP contribution < -0.4 is 10.6 Å². The first-order valence-electron chi connectivity index (χ1n) is 8.95. The monoisotopic (exact) mass is 415 g/mol. The van der Waals surface area contributed by atoms with Gasteiger partial charge in [-0.05, 0) is 50.2 Å². The number of carbonyl (C=O) groups excluding carboxylic acids is 3. The molecular weight excluding hydrogens is 394 g/mol. The van der Waals surface area contributed by atoms with E-state index in [0.717, 1.165) is 6.07 Å². The van der Waals surface area contributed by atoms with Gasteiger partial charge >= 0.3 is 11.9 Å². The summed E-state index contributed by atoms with van der Waals surface area (Å²) in [6.07, 6.45) is -0.248. The average molecular weight is 415 g/mol. The van der Waals surface area contributed by atoms with Crippen molar-refractivity contribution in [3.8, 4) is 0 Å². The van der Waals surface area contributed by atoms with E-state index in [-0.39, 0.29) is 23.0 Å². The summed E-state index contributed by atoms with van der Waals surface area (Å²) in [7, 11) is 1.52. The highest BCUT2D eigenvalue weighted by Crippen LogP contribution is 2.25. The van der Waals surface area contributed by atoms with Gasteiger partial charge in [0.1, 0.15) is 5.69 Å². The number of nitrogens with one attached hydrogen (secondary N) is 2. The molecule has 0 saturated carbocycles. The lowest BCUT2D eigenvalue weighted by atomic mass is 10.1. The molecule has 0 saturated heterocycles. The van der Waals surface area contributed by atoms with Crippen LogP contribution in [0.1, 0.15) is 34.6 Å². The number of benzene rings is 2. The van der Waals surface area contributed by atoms with E-state index in [2.05, 4.69) is 10.6 Å². The fourth-order valence-corrected chi connectivity index (χ4v) is 2.40. The van der Waals surface area contributed by atoms with E-state index in [1.807, 2.05) is 0 Å². The lowest BCUT2D eigenvalue weighted by Gasteiger charge is -2.09.